The monoisotopic (exact) mass is 369 g/mol. The van der Waals surface area contributed by atoms with Crippen LogP contribution in [0.25, 0.3) is 0 Å². The van der Waals surface area contributed by atoms with E-state index >= 15 is 0 Å². The van der Waals surface area contributed by atoms with Crippen LogP contribution in [0.5, 0.6) is 5.75 Å². The second-order valence-electron chi connectivity index (χ2n) is 7.45. The Kier molecular flexibility index (Phi) is 5.05. The van der Waals surface area contributed by atoms with Gasteiger partial charge in [0.05, 0.1) is 11.4 Å². The van der Waals surface area contributed by atoms with Crippen molar-refractivity contribution in [2.24, 2.45) is 0 Å². The Morgan fingerprint density at radius 2 is 1.85 bits per heavy atom. The summed E-state index contributed by atoms with van der Waals surface area (Å²) in [5.74, 6) is -0.0295. The summed E-state index contributed by atoms with van der Waals surface area (Å²) >= 11 is 0. The predicted octanol–water partition coefficient (Wildman–Crippen LogP) is 2.96. The molecule has 0 aliphatic carbocycles. The third kappa shape index (κ3) is 4.57. The molecule has 0 saturated carbocycles. The molecule has 7 nitrogen and oxygen atoms in total. The van der Waals surface area contributed by atoms with Crippen LogP contribution in [-0.4, -0.2) is 28.7 Å². The molecule has 0 saturated heterocycles. The molecule has 3 rings (SSSR count). The zero-order valence-electron chi connectivity index (χ0n) is 15.5. The standard InChI is InChI=1S/C20H23N3O4/c1-20(2,3)27-14-7-4-12(5-8-14)10-17-19(25)22-16-11-13(18(24)23-26)6-9-15(16)21-17/h4-9,11,17,21,26H,10H2,1-3H3,(H,22,25)(H,23,24). The third-order valence-corrected chi connectivity index (χ3v) is 4.07. The number of fused-ring (bicyclic) bond motifs is 1. The first kappa shape index (κ1) is 18.7. The number of ether oxygens (including phenoxy) is 1. The number of rotatable bonds is 4. The van der Waals surface area contributed by atoms with Gasteiger partial charge in [0.15, 0.2) is 0 Å². The highest BCUT2D eigenvalue weighted by atomic mass is 16.5. The van der Waals surface area contributed by atoms with E-state index in [1.807, 2.05) is 45.0 Å². The zero-order valence-corrected chi connectivity index (χ0v) is 15.5. The quantitative estimate of drug-likeness (QED) is 0.490. The summed E-state index contributed by atoms with van der Waals surface area (Å²) in [6.45, 7) is 5.97. The summed E-state index contributed by atoms with van der Waals surface area (Å²) in [6, 6.07) is 12.0. The zero-order chi connectivity index (χ0) is 19.6. The number of carbonyl (C=O) groups excluding carboxylic acids is 2. The third-order valence-electron chi connectivity index (χ3n) is 4.07. The molecule has 1 aliphatic rings. The molecule has 0 fully saturated rings. The molecular weight excluding hydrogens is 346 g/mol. The molecular formula is C20H23N3O4. The van der Waals surface area contributed by atoms with Gasteiger partial charge in [0.1, 0.15) is 17.4 Å². The molecule has 142 valence electrons. The van der Waals surface area contributed by atoms with Crippen LogP contribution in [0.3, 0.4) is 0 Å². The van der Waals surface area contributed by atoms with Gasteiger partial charge in [-0.2, -0.15) is 0 Å². The maximum Gasteiger partial charge on any atom is 0.274 e. The van der Waals surface area contributed by atoms with E-state index in [1.165, 1.54) is 6.07 Å². The first-order valence-corrected chi connectivity index (χ1v) is 8.69. The summed E-state index contributed by atoms with van der Waals surface area (Å²) in [6.07, 6.45) is 0.514. The second-order valence-corrected chi connectivity index (χ2v) is 7.45. The average Bonchev–Trinajstić information content (AvgIpc) is 2.61. The Balaban J connectivity index is 1.70. The van der Waals surface area contributed by atoms with Crippen molar-refractivity contribution in [3.63, 3.8) is 0 Å². The lowest BCUT2D eigenvalue weighted by Gasteiger charge is -2.27. The van der Waals surface area contributed by atoms with Crippen LogP contribution in [0.15, 0.2) is 42.5 Å². The van der Waals surface area contributed by atoms with E-state index in [2.05, 4.69) is 10.6 Å². The lowest BCUT2D eigenvalue weighted by atomic mass is 10.0. The van der Waals surface area contributed by atoms with Gasteiger partial charge >= 0.3 is 0 Å². The Hall–Kier alpha value is -3.06. The van der Waals surface area contributed by atoms with Gasteiger partial charge in [-0.05, 0) is 56.7 Å². The van der Waals surface area contributed by atoms with Crippen LogP contribution in [0.4, 0.5) is 11.4 Å². The van der Waals surface area contributed by atoms with Gasteiger partial charge in [-0.25, -0.2) is 5.48 Å². The first-order chi connectivity index (χ1) is 12.7. The average molecular weight is 369 g/mol. The van der Waals surface area contributed by atoms with Crippen molar-refractivity contribution in [3.05, 3.63) is 53.6 Å². The van der Waals surface area contributed by atoms with E-state index in [9.17, 15) is 9.59 Å². The number of hydrogen-bond donors (Lipinski definition) is 4. The minimum atomic E-state index is -0.633. The molecule has 2 amide bonds. The van der Waals surface area contributed by atoms with Crippen LogP contribution in [0.1, 0.15) is 36.7 Å². The van der Waals surface area contributed by atoms with E-state index < -0.39 is 11.9 Å². The Morgan fingerprint density at radius 1 is 1.15 bits per heavy atom. The molecule has 7 heteroatoms. The summed E-state index contributed by atoms with van der Waals surface area (Å²) in [7, 11) is 0. The fourth-order valence-electron chi connectivity index (χ4n) is 2.88. The SMILES string of the molecule is CC(C)(C)Oc1ccc(CC2Nc3ccc(C(=O)NO)cc3NC2=O)cc1. The molecule has 27 heavy (non-hydrogen) atoms. The number of anilines is 2. The van der Waals surface area contributed by atoms with Crippen molar-refractivity contribution < 1.29 is 19.5 Å². The molecule has 1 unspecified atom stereocenters. The molecule has 1 heterocycles. The van der Waals surface area contributed by atoms with Crippen LogP contribution in [0, 0.1) is 0 Å². The van der Waals surface area contributed by atoms with Gasteiger partial charge in [0, 0.05) is 12.0 Å². The van der Waals surface area contributed by atoms with Crippen molar-refractivity contribution in [1.29, 1.82) is 0 Å². The molecule has 2 aromatic carbocycles. The highest BCUT2D eigenvalue weighted by Gasteiger charge is 2.26. The Labute approximate surface area is 157 Å². The smallest absolute Gasteiger partial charge is 0.274 e. The summed E-state index contributed by atoms with van der Waals surface area (Å²) in [5.41, 5.74) is 3.80. The van der Waals surface area contributed by atoms with Gasteiger partial charge in [-0.3, -0.25) is 14.8 Å². The summed E-state index contributed by atoms with van der Waals surface area (Å²) < 4.78 is 5.81. The van der Waals surface area contributed by atoms with Crippen LogP contribution < -0.4 is 20.9 Å². The number of nitrogens with one attached hydrogen (secondary N) is 3. The van der Waals surface area contributed by atoms with Crippen molar-refractivity contribution in [2.45, 2.75) is 38.8 Å². The van der Waals surface area contributed by atoms with E-state index in [4.69, 9.17) is 9.94 Å². The molecule has 0 spiro atoms. The van der Waals surface area contributed by atoms with Crippen molar-refractivity contribution >= 4 is 23.2 Å². The fourth-order valence-corrected chi connectivity index (χ4v) is 2.88. The maximum atomic E-state index is 12.4. The topological polar surface area (TPSA) is 99.7 Å². The number of amides is 2. The maximum absolute atomic E-state index is 12.4. The van der Waals surface area contributed by atoms with Gasteiger partial charge < -0.3 is 15.4 Å². The fraction of sp³-hybridized carbons (Fsp3) is 0.300. The highest BCUT2D eigenvalue weighted by molar-refractivity contribution is 6.05. The summed E-state index contributed by atoms with van der Waals surface area (Å²) in [5, 5.41) is 14.7. The van der Waals surface area contributed by atoms with Gasteiger partial charge in [0.2, 0.25) is 5.91 Å². The minimum Gasteiger partial charge on any atom is -0.488 e. The number of hydrogen-bond acceptors (Lipinski definition) is 5. The molecule has 4 N–H and O–H groups in total. The molecule has 0 aromatic heterocycles. The van der Waals surface area contributed by atoms with E-state index in [0.29, 0.717) is 12.1 Å². The first-order valence-electron chi connectivity index (χ1n) is 8.69. The number of carbonyl (C=O) groups is 2. The van der Waals surface area contributed by atoms with Crippen molar-refractivity contribution in [1.82, 2.24) is 5.48 Å². The van der Waals surface area contributed by atoms with E-state index in [0.717, 1.165) is 17.0 Å². The van der Waals surface area contributed by atoms with Crippen molar-refractivity contribution in [2.75, 3.05) is 10.6 Å². The lowest BCUT2D eigenvalue weighted by Crippen LogP contribution is -2.40. The highest BCUT2D eigenvalue weighted by Crippen LogP contribution is 2.29. The summed E-state index contributed by atoms with van der Waals surface area (Å²) in [4.78, 5) is 23.9. The van der Waals surface area contributed by atoms with Crippen LogP contribution >= 0.6 is 0 Å². The number of hydroxylamine groups is 1. The molecule has 1 aliphatic heterocycles. The Bertz CT molecular complexity index is 857. The van der Waals surface area contributed by atoms with Gasteiger partial charge in [-0.1, -0.05) is 12.1 Å². The lowest BCUT2D eigenvalue weighted by molar-refractivity contribution is -0.117. The molecule has 0 radical (unpaired) electrons. The normalized spacial score (nSPS) is 16.0. The van der Waals surface area contributed by atoms with Gasteiger partial charge in [-0.15, -0.1) is 0 Å². The largest absolute Gasteiger partial charge is 0.488 e. The second kappa shape index (κ2) is 7.28. The van der Waals surface area contributed by atoms with E-state index in [-0.39, 0.29) is 17.1 Å². The Morgan fingerprint density at radius 3 is 2.48 bits per heavy atom. The molecule has 0 bridgehead atoms. The number of benzene rings is 2. The van der Waals surface area contributed by atoms with Crippen LogP contribution in [0.2, 0.25) is 0 Å². The predicted molar refractivity (Wildman–Crippen MR) is 102 cm³/mol. The van der Waals surface area contributed by atoms with E-state index in [1.54, 1.807) is 17.6 Å². The molecule has 1 atom stereocenters. The van der Waals surface area contributed by atoms with Crippen LogP contribution in [-0.2, 0) is 11.2 Å². The minimum absolute atomic E-state index is 0.181. The van der Waals surface area contributed by atoms with Gasteiger partial charge in [0.25, 0.3) is 5.91 Å². The molecule has 2 aromatic rings. The van der Waals surface area contributed by atoms with Crippen molar-refractivity contribution in [3.8, 4) is 5.75 Å².